The molecule has 0 saturated carbocycles. The van der Waals surface area contributed by atoms with Gasteiger partial charge in [0.15, 0.2) is 0 Å². The van der Waals surface area contributed by atoms with Crippen molar-refractivity contribution in [3.63, 3.8) is 0 Å². The predicted molar refractivity (Wildman–Crippen MR) is 540 cm³/mol. The Hall–Kier alpha value is -16.7. The van der Waals surface area contributed by atoms with Crippen LogP contribution in [0.4, 0.5) is 0 Å². The molecule has 0 fully saturated rings. The Balaban J connectivity index is 0.000000104. The van der Waals surface area contributed by atoms with Gasteiger partial charge in [0.2, 0.25) is 0 Å². The smallest absolute Gasteiger partial charge is 0.143 e. The van der Waals surface area contributed by atoms with Crippen LogP contribution in [-0.2, 0) is 0 Å². The molecule has 24 aromatic carbocycles. The van der Waals surface area contributed by atoms with Gasteiger partial charge in [0.1, 0.15) is 33.5 Å². The molecule has 590 valence electrons. The van der Waals surface area contributed by atoms with E-state index in [-0.39, 0.29) is 0 Å². The van der Waals surface area contributed by atoms with Gasteiger partial charge in [-0.3, -0.25) is 0 Å². The molecule has 0 spiro atoms. The summed E-state index contributed by atoms with van der Waals surface area (Å²) in [7, 11) is 0. The van der Waals surface area contributed by atoms with Crippen LogP contribution >= 0.6 is 0 Å². The van der Waals surface area contributed by atoms with Crippen LogP contribution in [0.5, 0.6) is 0 Å². The molecule has 3 heteroatoms. The van der Waals surface area contributed by atoms with E-state index in [1.807, 2.05) is 0 Å². The summed E-state index contributed by atoms with van der Waals surface area (Å²) in [5.74, 6) is 0. The third-order valence-corrected chi connectivity index (χ3v) is 26.4. The number of rotatable bonds is 8. The quantitative estimate of drug-likeness (QED) is 0.142. The van der Waals surface area contributed by atoms with Crippen LogP contribution in [0, 0.1) is 0 Å². The van der Waals surface area contributed by atoms with Crippen molar-refractivity contribution in [3.8, 4) is 89.0 Å². The molecule has 3 heterocycles. The predicted octanol–water partition coefficient (Wildman–Crippen LogP) is 35.6. The lowest BCUT2D eigenvalue weighted by atomic mass is 9.84. The van der Waals surface area contributed by atoms with Gasteiger partial charge in [-0.2, -0.15) is 0 Å². The highest BCUT2D eigenvalue weighted by Gasteiger charge is 2.26. The third-order valence-electron chi connectivity index (χ3n) is 26.4. The van der Waals surface area contributed by atoms with Gasteiger partial charge in [0, 0.05) is 43.1 Å². The minimum atomic E-state index is 0.912. The van der Waals surface area contributed by atoms with E-state index >= 15 is 0 Å². The number of hydrogen-bond acceptors (Lipinski definition) is 3. The molecule has 27 rings (SSSR count). The molecule has 0 aliphatic heterocycles. The molecule has 27 aromatic rings. The van der Waals surface area contributed by atoms with Crippen molar-refractivity contribution in [2.24, 2.45) is 0 Å². The van der Waals surface area contributed by atoms with Gasteiger partial charge in [-0.05, 0) is 234 Å². The van der Waals surface area contributed by atoms with Crippen molar-refractivity contribution < 1.29 is 13.3 Å². The summed E-state index contributed by atoms with van der Waals surface area (Å²) in [6, 6.07) is 166. The Morgan fingerprint density at radius 1 is 0.118 bits per heavy atom. The fourth-order valence-corrected chi connectivity index (χ4v) is 20.8. The molecule has 0 unspecified atom stereocenters. The Morgan fingerprint density at radius 3 is 0.882 bits per heavy atom. The second-order valence-corrected chi connectivity index (χ2v) is 33.3. The Labute approximate surface area is 731 Å². The Morgan fingerprint density at radius 2 is 0.409 bits per heavy atom. The SMILES string of the molecule is c1ccc(-c2c3ccccc3c(-c3ccc4oc5ccc6ccccc6c5c4c3)c3ccccc23)cc1.c1ccc(-c2cccc(-c3c4ccccc4c(-c4cccc5oc6c7ccccc7ccc6c45)c4ccccc34)c2)cc1.c1ccc2c(-c3ccc(-c4c5ccccc5c(-c5cccc6oc7c8ccccc8ccc7c56)c5ccccc45)cc3)cccc2c1. The zero-order chi connectivity index (χ0) is 83.6. The van der Waals surface area contributed by atoms with Crippen LogP contribution in [-0.4, -0.2) is 0 Å². The summed E-state index contributed by atoms with van der Waals surface area (Å²) in [6.07, 6.45) is 0. The highest BCUT2D eigenvalue weighted by Crippen LogP contribution is 2.53. The molecule has 0 aliphatic carbocycles. The summed E-state index contributed by atoms with van der Waals surface area (Å²) < 4.78 is 19.5. The van der Waals surface area contributed by atoms with Crippen molar-refractivity contribution in [1.82, 2.24) is 0 Å². The van der Waals surface area contributed by atoms with Crippen LogP contribution < -0.4 is 0 Å². The van der Waals surface area contributed by atoms with Crippen molar-refractivity contribution in [2.75, 3.05) is 0 Å². The van der Waals surface area contributed by atoms with Gasteiger partial charge in [0.05, 0.1) is 0 Å². The first kappa shape index (κ1) is 73.0. The second-order valence-electron chi connectivity index (χ2n) is 33.3. The van der Waals surface area contributed by atoms with E-state index in [2.05, 4.69) is 461 Å². The zero-order valence-corrected chi connectivity index (χ0v) is 69.1. The fourth-order valence-electron chi connectivity index (χ4n) is 20.8. The number of hydrogen-bond donors (Lipinski definition) is 0. The molecule has 0 amide bonds. The van der Waals surface area contributed by atoms with Gasteiger partial charge >= 0.3 is 0 Å². The minimum Gasteiger partial charge on any atom is -0.456 e. The molecule has 0 atom stereocenters. The maximum absolute atomic E-state index is 6.62. The number of furan rings is 3. The topological polar surface area (TPSA) is 39.4 Å². The van der Waals surface area contributed by atoms with E-state index in [9.17, 15) is 0 Å². The monoisotopic (exact) mass is 1610 g/mol. The van der Waals surface area contributed by atoms with Crippen LogP contribution in [0.3, 0.4) is 0 Å². The summed E-state index contributed by atoms with van der Waals surface area (Å²) in [5, 5.41) is 31.6. The Bertz CT molecular complexity index is 8970. The number of fused-ring (bicyclic) bond motifs is 22. The van der Waals surface area contributed by atoms with Crippen molar-refractivity contribution >= 4 is 174 Å². The molecule has 127 heavy (non-hydrogen) atoms. The van der Waals surface area contributed by atoms with Gasteiger partial charge < -0.3 is 13.3 Å². The van der Waals surface area contributed by atoms with Crippen LogP contribution in [0.25, 0.3) is 263 Å². The molecular formula is C124H76O3. The van der Waals surface area contributed by atoms with Crippen molar-refractivity contribution in [1.29, 1.82) is 0 Å². The molecule has 0 N–H and O–H groups in total. The van der Waals surface area contributed by atoms with E-state index in [0.29, 0.717) is 0 Å². The summed E-state index contributed by atoms with van der Waals surface area (Å²) in [5.41, 5.74) is 25.3. The van der Waals surface area contributed by atoms with E-state index in [0.717, 1.165) is 71.2 Å². The fraction of sp³-hybridized carbons (Fsp3) is 0. The summed E-state index contributed by atoms with van der Waals surface area (Å²) >= 11 is 0. The second kappa shape index (κ2) is 30.1. The maximum Gasteiger partial charge on any atom is 0.143 e. The zero-order valence-electron chi connectivity index (χ0n) is 69.1. The average molecular weight is 1610 g/mol. The van der Waals surface area contributed by atoms with Gasteiger partial charge in [-0.1, -0.05) is 413 Å². The van der Waals surface area contributed by atoms with E-state index < -0.39 is 0 Å². The van der Waals surface area contributed by atoms with Crippen LogP contribution in [0.2, 0.25) is 0 Å². The molecule has 3 aromatic heterocycles. The first-order valence-electron chi connectivity index (χ1n) is 43.7. The number of benzene rings is 24. The van der Waals surface area contributed by atoms with Crippen molar-refractivity contribution in [3.05, 3.63) is 461 Å². The molecule has 0 radical (unpaired) electrons. The van der Waals surface area contributed by atoms with Crippen LogP contribution in [0.15, 0.2) is 474 Å². The lowest BCUT2D eigenvalue weighted by Crippen LogP contribution is -1.91. The average Bonchev–Trinajstić information content (AvgIpc) is 1.71. The van der Waals surface area contributed by atoms with E-state index in [1.165, 1.54) is 191 Å². The molecule has 0 saturated heterocycles. The standard InChI is InChI=1S/C46H28O.C42H26O.C36H22O/c1-3-14-33-29(11-1)13-9-20-34(33)31-23-25-32(26-24-31)43-36-16-5-7-18-38(36)44(39-19-8-6-17-37(39)43)40-21-10-22-42-45(40)41-28-27-30-12-2-4-15-35(30)46(41)47-42;1-2-12-27(13-3-1)29-15-10-16-30(26-29)39-32-18-6-8-20-34(32)40(35-21-9-7-19-33(35)39)36-22-11-23-38-41(36)37-25-24-28-14-4-5-17-31(28)42(37)43-38;1-2-11-24(12-3-1)34-27-14-6-8-16-29(27)35(30-17-9-7-15-28(30)34)25-19-20-32-31(22-25)36-26-13-5-4-10-23(26)18-21-33(36)37-32/h1-28H;1-26H;1-22H. The van der Waals surface area contributed by atoms with E-state index in [4.69, 9.17) is 13.3 Å². The Kier molecular flexibility index (Phi) is 17.3. The van der Waals surface area contributed by atoms with Gasteiger partial charge in [-0.15, -0.1) is 0 Å². The largest absolute Gasteiger partial charge is 0.456 e. The lowest BCUT2D eigenvalue weighted by molar-refractivity contribution is 0.669. The highest BCUT2D eigenvalue weighted by atomic mass is 16.3. The summed E-state index contributed by atoms with van der Waals surface area (Å²) in [4.78, 5) is 0. The van der Waals surface area contributed by atoms with Gasteiger partial charge in [0.25, 0.3) is 0 Å². The minimum absolute atomic E-state index is 0.912. The van der Waals surface area contributed by atoms with Gasteiger partial charge in [-0.25, -0.2) is 0 Å². The van der Waals surface area contributed by atoms with Crippen molar-refractivity contribution in [2.45, 2.75) is 0 Å². The van der Waals surface area contributed by atoms with Crippen LogP contribution in [0.1, 0.15) is 0 Å². The molecule has 0 aliphatic rings. The molecular weight excluding hydrogens is 1540 g/mol. The molecule has 3 nitrogen and oxygen atoms in total. The highest BCUT2D eigenvalue weighted by molar-refractivity contribution is 6.31. The third kappa shape index (κ3) is 12.0. The maximum atomic E-state index is 6.62. The summed E-state index contributed by atoms with van der Waals surface area (Å²) in [6.45, 7) is 0. The normalized spacial score (nSPS) is 11.8. The molecule has 0 bridgehead atoms. The van der Waals surface area contributed by atoms with E-state index in [1.54, 1.807) is 0 Å². The lowest BCUT2D eigenvalue weighted by Gasteiger charge is -2.18. The first-order valence-corrected chi connectivity index (χ1v) is 43.7. The first-order chi connectivity index (χ1) is 63.0.